The van der Waals surface area contributed by atoms with E-state index in [0.29, 0.717) is 25.7 Å². The third-order valence-electron chi connectivity index (χ3n) is 5.75. The van der Waals surface area contributed by atoms with Gasteiger partial charge in [0.05, 0.1) is 10.8 Å². The molecule has 0 bridgehead atoms. The number of rotatable bonds is 10. The predicted octanol–water partition coefficient (Wildman–Crippen LogP) is 4.86. The zero-order valence-electron chi connectivity index (χ0n) is 14.2. The maximum atomic E-state index is 12.1. The topological polar surface area (TPSA) is 74.6 Å². The minimum Gasteiger partial charge on any atom is -0.481 e. The Kier molecular flexibility index (Phi) is 7.37. The van der Waals surface area contributed by atoms with E-state index in [9.17, 15) is 19.8 Å². The number of unbranched alkanes of at least 4 members (excludes halogenated alkanes) is 5. The molecule has 0 aromatic carbocycles. The molecule has 0 aromatic heterocycles. The van der Waals surface area contributed by atoms with Crippen LogP contribution in [0.5, 0.6) is 0 Å². The highest BCUT2D eigenvalue weighted by Gasteiger charge is 2.60. The van der Waals surface area contributed by atoms with E-state index in [0.717, 1.165) is 32.1 Å². The molecule has 4 nitrogen and oxygen atoms in total. The molecular formula is C18H32O4. The van der Waals surface area contributed by atoms with Gasteiger partial charge in [0.1, 0.15) is 0 Å². The predicted molar refractivity (Wildman–Crippen MR) is 86.9 cm³/mol. The minimum absolute atomic E-state index is 0.407. The summed E-state index contributed by atoms with van der Waals surface area (Å²) in [5.74, 6) is -1.81. The maximum absolute atomic E-state index is 12.1. The van der Waals surface area contributed by atoms with E-state index < -0.39 is 22.8 Å². The summed E-state index contributed by atoms with van der Waals surface area (Å²) >= 11 is 0. The Hall–Kier alpha value is -1.06. The Morgan fingerprint density at radius 1 is 0.818 bits per heavy atom. The third-order valence-corrected chi connectivity index (χ3v) is 5.75. The first-order valence-corrected chi connectivity index (χ1v) is 8.93. The second kappa shape index (κ2) is 8.54. The Morgan fingerprint density at radius 2 is 1.32 bits per heavy atom. The van der Waals surface area contributed by atoms with Crippen LogP contribution in [0, 0.1) is 10.8 Å². The molecule has 0 spiro atoms. The molecule has 0 saturated heterocycles. The Balaban J connectivity index is 2.82. The van der Waals surface area contributed by atoms with E-state index in [1.54, 1.807) is 0 Å². The van der Waals surface area contributed by atoms with Gasteiger partial charge >= 0.3 is 11.9 Å². The van der Waals surface area contributed by atoms with E-state index in [4.69, 9.17) is 0 Å². The number of carbonyl (C=O) groups is 2. The van der Waals surface area contributed by atoms with Crippen molar-refractivity contribution in [1.29, 1.82) is 0 Å². The van der Waals surface area contributed by atoms with Crippen molar-refractivity contribution >= 4 is 11.9 Å². The molecule has 4 heteroatoms. The second-order valence-corrected chi connectivity index (χ2v) is 6.85. The molecular weight excluding hydrogens is 280 g/mol. The summed E-state index contributed by atoms with van der Waals surface area (Å²) in [6.45, 7) is 4.00. The Labute approximate surface area is 134 Å². The van der Waals surface area contributed by atoms with Crippen molar-refractivity contribution in [1.82, 2.24) is 0 Å². The van der Waals surface area contributed by atoms with Crippen LogP contribution in [0.25, 0.3) is 0 Å². The average Bonchev–Trinajstić information content (AvgIpc) is 2.50. The number of hydrogen-bond acceptors (Lipinski definition) is 2. The molecule has 0 aliphatic heterocycles. The first-order chi connectivity index (χ1) is 10.5. The van der Waals surface area contributed by atoms with E-state index in [2.05, 4.69) is 6.92 Å². The molecule has 0 radical (unpaired) electrons. The van der Waals surface area contributed by atoms with Crippen LogP contribution in [0.2, 0.25) is 0 Å². The first kappa shape index (κ1) is 19.0. The van der Waals surface area contributed by atoms with Crippen LogP contribution >= 0.6 is 0 Å². The van der Waals surface area contributed by atoms with Gasteiger partial charge in [-0.2, -0.15) is 0 Å². The first-order valence-electron chi connectivity index (χ1n) is 8.93. The van der Waals surface area contributed by atoms with Crippen molar-refractivity contribution in [3.8, 4) is 0 Å². The van der Waals surface area contributed by atoms with E-state index >= 15 is 0 Å². The van der Waals surface area contributed by atoms with Crippen molar-refractivity contribution in [2.24, 2.45) is 10.8 Å². The van der Waals surface area contributed by atoms with Gasteiger partial charge in [-0.3, -0.25) is 9.59 Å². The molecule has 1 fully saturated rings. The van der Waals surface area contributed by atoms with Crippen molar-refractivity contribution < 1.29 is 19.8 Å². The lowest BCUT2D eigenvalue weighted by Crippen LogP contribution is -2.54. The summed E-state index contributed by atoms with van der Waals surface area (Å²) < 4.78 is 0. The maximum Gasteiger partial charge on any atom is 0.310 e. The van der Waals surface area contributed by atoms with E-state index in [1.807, 2.05) is 6.92 Å². The fourth-order valence-corrected chi connectivity index (χ4v) is 4.30. The van der Waals surface area contributed by atoms with Crippen LogP contribution in [0.1, 0.15) is 90.9 Å². The summed E-state index contributed by atoms with van der Waals surface area (Å²) in [6, 6.07) is 0. The number of aliphatic carboxylic acids is 2. The van der Waals surface area contributed by atoms with Crippen LogP contribution in [-0.2, 0) is 9.59 Å². The molecule has 22 heavy (non-hydrogen) atoms. The van der Waals surface area contributed by atoms with Crippen molar-refractivity contribution in [3.05, 3.63) is 0 Å². The highest BCUT2D eigenvalue weighted by Crippen LogP contribution is 2.56. The highest BCUT2D eigenvalue weighted by atomic mass is 16.4. The van der Waals surface area contributed by atoms with Gasteiger partial charge in [-0.1, -0.05) is 65.2 Å². The zero-order chi connectivity index (χ0) is 16.6. The number of carboxylic acids is 2. The molecule has 1 rings (SSSR count). The average molecular weight is 312 g/mol. The molecule has 2 N–H and O–H groups in total. The monoisotopic (exact) mass is 312 g/mol. The molecule has 2 unspecified atom stereocenters. The molecule has 2 atom stereocenters. The SMILES string of the molecule is CCCCCCCCC1(C(=O)O)CCCCC1(CC)C(=O)O. The molecule has 0 heterocycles. The molecule has 128 valence electrons. The van der Waals surface area contributed by atoms with Gasteiger partial charge in [-0.15, -0.1) is 0 Å². The fourth-order valence-electron chi connectivity index (χ4n) is 4.30. The lowest BCUT2D eigenvalue weighted by Gasteiger charge is -2.48. The van der Waals surface area contributed by atoms with Gasteiger partial charge in [-0.05, 0) is 25.7 Å². The van der Waals surface area contributed by atoms with Crippen LogP contribution < -0.4 is 0 Å². The van der Waals surface area contributed by atoms with E-state index in [-0.39, 0.29) is 0 Å². The molecule has 0 aromatic rings. The lowest BCUT2D eigenvalue weighted by molar-refractivity contribution is -0.181. The van der Waals surface area contributed by atoms with Crippen LogP contribution in [0.3, 0.4) is 0 Å². The van der Waals surface area contributed by atoms with Crippen molar-refractivity contribution in [3.63, 3.8) is 0 Å². The number of hydrogen-bond donors (Lipinski definition) is 2. The zero-order valence-corrected chi connectivity index (χ0v) is 14.2. The van der Waals surface area contributed by atoms with Crippen LogP contribution in [-0.4, -0.2) is 22.2 Å². The summed E-state index contributed by atoms with van der Waals surface area (Å²) in [6.07, 6.45) is 10.1. The standard InChI is InChI=1S/C18H32O4/c1-3-5-6-7-8-9-13-18(16(21)22)14-11-10-12-17(18,4-2)15(19)20/h3-14H2,1-2H3,(H,19,20)(H,21,22). The summed E-state index contributed by atoms with van der Waals surface area (Å²) in [5, 5.41) is 19.7. The van der Waals surface area contributed by atoms with Gasteiger partial charge in [0, 0.05) is 0 Å². The van der Waals surface area contributed by atoms with Gasteiger partial charge in [0.25, 0.3) is 0 Å². The minimum atomic E-state index is -1.08. The fraction of sp³-hybridized carbons (Fsp3) is 0.889. The number of carboxylic acid groups (broad SMARTS) is 2. The highest BCUT2D eigenvalue weighted by molar-refractivity contribution is 5.87. The van der Waals surface area contributed by atoms with Gasteiger partial charge in [0.15, 0.2) is 0 Å². The lowest BCUT2D eigenvalue weighted by atomic mass is 9.53. The Morgan fingerprint density at radius 3 is 1.82 bits per heavy atom. The molecule has 0 amide bonds. The summed E-state index contributed by atoms with van der Waals surface area (Å²) in [7, 11) is 0. The molecule has 1 saturated carbocycles. The summed E-state index contributed by atoms with van der Waals surface area (Å²) in [5.41, 5.74) is -2.16. The smallest absolute Gasteiger partial charge is 0.310 e. The van der Waals surface area contributed by atoms with Gasteiger partial charge in [-0.25, -0.2) is 0 Å². The van der Waals surface area contributed by atoms with Crippen LogP contribution in [0.15, 0.2) is 0 Å². The van der Waals surface area contributed by atoms with Crippen molar-refractivity contribution in [2.45, 2.75) is 90.9 Å². The van der Waals surface area contributed by atoms with E-state index in [1.165, 1.54) is 19.3 Å². The largest absolute Gasteiger partial charge is 0.481 e. The second-order valence-electron chi connectivity index (χ2n) is 6.85. The van der Waals surface area contributed by atoms with Gasteiger partial charge < -0.3 is 10.2 Å². The molecule has 1 aliphatic rings. The Bertz CT molecular complexity index is 379. The third kappa shape index (κ3) is 3.64. The van der Waals surface area contributed by atoms with Crippen molar-refractivity contribution in [2.75, 3.05) is 0 Å². The van der Waals surface area contributed by atoms with Gasteiger partial charge in [0.2, 0.25) is 0 Å². The normalized spacial score (nSPS) is 28.5. The molecule has 1 aliphatic carbocycles. The van der Waals surface area contributed by atoms with Crippen LogP contribution in [0.4, 0.5) is 0 Å². The quantitative estimate of drug-likeness (QED) is 0.565. The summed E-state index contributed by atoms with van der Waals surface area (Å²) in [4.78, 5) is 24.0.